The van der Waals surface area contributed by atoms with E-state index >= 15 is 0 Å². The number of piperazine rings is 1. The molecule has 8 heteroatoms. The number of aromatic nitrogens is 3. The molecule has 0 atom stereocenters. The van der Waals surface area contributed by atoms with Gasteiger partial charge in [0.25, 0.3) is 5.91 Å². The largest absolute Gasteiger partial charge is 0.336 e. The minimum atomic E-state index is 0.0327. The quantitative estimate of drug-likeness (QED) is 0.738. The van der Waals surface area contributed by atoms with Crippen LogP contribution in [0.5, 0.6) is 0 Å². The molecule has 0 spiro atoms. The molecule has 1 saturated heterocycles. The Labute approximate surface area is 155 Å². The molecule has 0 radical (unpaired) electrons. The standard InChI is InChI=1S/C18H18N6OS/c25-17(24-9-7-19-8-10-24)13-4-6-21-16(11-13)23-18-22-15(12-26-18)14-3-1-2-5-20-14/h1-6,11-12,19H,7-10H2,(H,21,22,23). The van der Waals surface area contributed by atoms with Crippen molar-refractivity contribution in [2.75, 3.05) is 31.5 Å². The Balaban J connectivity index is 1.49. The Morgan fingerprint density at radius 2 is 2.00 bits per heavy atom. The average Bonchev–Trinajstić information content (AvgIpc) is 3.17. The first-order valence-corrected chi connectivity index (χ1v) is 9.27. The van der Waals surface area contributed by atoms with Gasteiger partial charge >= 0.3 is 0 Å². The summed E-state index contributed by atoms with van der Waals surface area (Å²) in [6.07, 6.45) is 3.39. The van der Waals surface area contributed by atoms with Gasteiger partial charge in [0.2, 0.25) is 0 Å². The van der Waals surface area contributed by atoms with Crippen LogP contribution in [0, 0.1) is 0 Å². The minimum Gasteiger partial charge on any atom is -0.336 e. The van der Waals surface area contributed by atoms with Gasteiger partial charge in [-0.3, -0.25) is 9.78 Å². The fourth-order valence-corrected chi connectivity index (χ4v) is 3.47. The maximum Gasteiger partial charge on any atom is 0.254 e. The predicted molar refractivity (Wildman–Crippen MR) is 102 cm³/mol. The van der Waals surface area contributed by atoms with Crippen LogP contribution in [0.2, 0.25) is 0 Å². The maximum atomic E-state index is 12.6. The van der Waals surface area contributed by atoms with Crippen LogP contribution in [0.4, 0.5) is 10.9 Å². The van der Waals surface area contributed by atoms with Crippen molar-refractivity contribution >= 4 is 28.2 Å². The van der Waals surface area contributed by atoms with Gasteiger partial charge in [0.1, 0.15) is 11.5 Å². The second-order valence-corrected chi connectivity index (χ2v) is 6.71. The molecule has 4 heterocycles. The Bertz CT molecular complexity index is 891. The van der Waals surface area contributed by atoms with Gasteiger partial charge in [-0.15, -0.1) is 11.3 Å². The van der Waals surface area contributed by atoms with E-state index in [-0.39, 0.29) is 5.91 Å². The summed E-state index contributed by atoms with van der Waals surface area (Å²) in [4.78, 5) is 27.6. The highest BCUT2D eigenvalue weighted by Crippen LogP contribution is 2.25. The van der Waals surface area contributed by atoms with Crippen molar-refractivity contribution in [2.24, 2.45) is 0 Å². The molecule has 3 aromatic rings. The second kappa shape index (κ2) is 7.59. The van der Waals surface area contributed by atoms with Gasteiger partial charge in [-0.1, -0.05) is 6.07 Å². The van der Waals surface area contributed by atoms with Gasteiger partial charge in [0.15, 0.2) is 5.13 Å². The predicted octanol–water partition coefficient (Wildman–Crippen LogP) is 2.39. The van der Waals surface area contributed by atoms with Crippen molar-refractivity contribution in [3.05, 3.63) is 53.7 Å². The van der Waals surface area contributed by atoms with Crippen molar-refractivity contribution in [3.8, 4) is 11.4 Å². The van der Waals surface area contributed by atoms with Crippen LogP contribution >= 0.6 is 11.3 Å². The van der Waals surface area contributed by atoms with E-state index in [2.05, 4.69) is 25.6 Å². The topological polar surface area (TPSA) is 83.0 Å². The number of amides is 1. The van der Waals surface area contributed by atoms with E-state index in [1.165, 1.54) is 11.3 Å². The summed E-state index contributed by atoms with van der Waals surface area (Å²) in [6, 6.07) is 9.24. The molecule has 0 bridgehead atoms. The number of carbonyl (C=O) groups excluding carboxylic acids is 1. The lowest BCUT2D eigenvalue weighted by Crippen LogP contribution is -2.46. The van der Waals surface area contributed by atoms with E-state index in [0.717, 1.165) is 37.6 Å². The molecule has 7 nitrogen and oxygen atoms in total. The molecule has 2 N–H and O–H groups in total. The van der Waals surface area contributed by atoms with Crippen LogP contribution in [0.1, 0.15) is 10.4 Å². The van der Waals surface area contributed by atoms with Crippen molar-refractivity contribution in [3.63, 3.8) is 0 Å². The smallest absolute Gasteiger partial charge is 0.254 e. The number of hydrogen-bond acceptors (Lipinski definition) is 7. The molecule has 26 heavy (non-hydrogen) atoms. The first-order chi connectivity index (χ1) is 12.8. The molecular weight excluding hydrogens is 348 g/mol. The Morgan fingerprint density at radius 1 is 1.12 bits per heavy atom. The first kappa shape index (κ1) is 16.6. The van der Waals surface area contributed by atoms with E-state index in [0.29, 0.717) is 16.5 Å². The van der Waals surface area contributed by atoms with Crippen LogP contribution < -0.4 is 10.6 Å². The summed E-state index contributed by atoms with van der Waals surface area (Å²) in [6.45, 7) is 3.11. The fraction of sp³-hybridized carbons (Fsp3) is 0.222. The molecule has 1 aliphatic heterocycles. The molecule has 0 aromatic carbocycles. The molecule has 1 amide bonds. The summed E-state index contributed by atoms with van der Waals surface area (Å²) in [7, 11) is 0. The number of anilines is 2. The van der Waals surface area contributed by atoms with E-state index in [4.69, 9.17) is 0 Å². The van der Waals surface area contributed by atoms with E-state index < -0.39 is 0 Å². The van der Waals surface area contributed by atoms with Gasteiger partial charge < -0.3 is 15.5 Å². The van der Waals surface area contributed by atoms with Crippen LogP contribution in [0.15, 0.2) is 48.1 Å². The number of pyridine rings is 2. The zero-order chi connectivity index (χ0) is 17.8. The maximum absolute atomic E-state index is 12.6. The van der Waals surface area contributed by atoms with E-state index in [1.54, 1.807) is 24.5 Å². The summed E-state index contributed by atoms with van der Waals surface area (Å²) >= 11 is 1.48. The summed E-state index contributed by atoms with van der Waals surface area (Å²) < 4.78 is 0. The number of nitrogens with one attached hydrogen (secondary N) is 2. The Morgan fingerprint density at radius 3 is 2.81 bits per heavy atom. The highest BCUT2D eigenvalue weighted by molar-refractivity contribution is 7.14. The van der Waals surface area contributed by atoms with Gasteiger partial charge in [0.05, 0.1) is 5.69 Å². The summed E-state index contributed by atoms with van der Waals surface area (Å²) in [5.74, 6) is 0.637. The van der Waals surface area contributed by atoms with Crippen molar-refractivity contribution in [1.82, 2.24) is 25.2 Å². The lowest BCUT2D eigenvalue weighted by molar-refractivity contribution is 0.0735. The van der Waals surface area contributed by atoms with Crippen molar-refractivity contribution in [2.45, 2.75) is 0 Å². The van der Waals surface area contributed by atoms with Gasteiger partial charge in [-0.2, -0.15) is 0 Å². The van der Waals surface area contributed by atoms with Gasteiger partial charge in [-0.05, 0) is 24.3 Å². The lowest BCUT2D eigenvalue weighted by atomic mass is 10.2. The Kier molecular flexibility index (Phi) is 4.85. The first-order valence-electron chi connectivity index (χ1n) is 8.39. The molecule has 0 saturated carbocycles. The van der Waals surface area contributed by atoms with Crippen LogP contribution in [0.3, 0.4) is 0 Å². The van der Waals surface area contributed by atoms with Gasteiger partial charge in [0, 0.05) is 49.5 Å². The van der Waals surface area contributed by atoms with Crippen molar-refractivity contribution in [1.29, 1.82) is 0 Å². The fourth-order valence-electron chi connectivity index (χ4n) is 2.76. The third-order valence-electron chi connectivity index (χ3n) is 4.08. The van der Waals surface area contributed by atoms with E-state index in [1.807, 2.05) is 28.5 Å². The number of rotatable bonds is 4. The molecule has 132 valence electrons. The average molecular weight is 366 g/mol. The molecular formula is C18H18N6OS. The van der Waals surface area contributed by atoms with Crippen LogP contribution in [-0.2, 0) is 0 Å². The SMILES string of the molecule is O=C(c1ccnc(Nc2nc(-c3ccccn3)cs2)c1)N1CCNCC1. The normalized spacial score (nSPS) is 14.2. The second-order valence-electron chi connectivity index (χ2n) is 5.85. The number of thiazole rings is 1. The molecule has 4 rings (SSSR count). The van der Waals surface area contributed by atoms with Crippen LogP contribution in [0.25, 0.3) is 11.4 Å². The number of carbonyl (C=O) groups is 1. The highest BCUT2D eigenvalue weighted by Gasteiger charge is 2.18. The lowest BCUT2D eigenvalue weighted by Gasteiger charge is -2.27. The van der Waals surface area contributed by atoms with Crippen molar-refractivity contribution < 1.29 is 4.79 Å². The molecule has 3 aromatic heterocycles. The summed E-state index contributed by atoms with van der Waals surface area (Å²) in [5, 5.41) is 9.09. The molecule has 0 unspecified atom stereocenters. The molecule has 0 aliphatic carbocycles. The van der Waals surface area contributed by atoms with Gasteiger partial charge in [-0.25, -0.2) is 9.97 Å². The summed E-state index contributed by atoms with van der Waals surface area (Å²) in [5.41, 5.74) is 2.27. The zero-order valence-electron chi connectivity index (χ0n) is 14.1. The number of nitrogens with zero attached hydrogens (tertiary/aromatic N) is 4. The Hall–Kier alpha value is -2.84. The third kappa shape index (κ3) is 3.71. The molecule has 1 aliphatic rings. The number of hydrogen-bond donors (Lipinski definition) is 2. The van der Waals surface area contributed by atoms with E-state index in [9.17, 15) is 4.79 Å². The zero-order valence-corrected chi connectivity index (χ0v) is 14.9. The highest BCUT2D eigenvalue weighted by atomic mass is 32.1. The minimum absolute atomic E-state index is 0.0327. The van der Waals surface area contributed by atoms with Crippen LogP contribution in [-0.4, -0.2) is 51.9 Å². The third-order valence-corrected chi connectivity index (χ3v) is 4.84. The molecule has 1 fully saturated rings. The monoisotopic (exact) mass is 366 g/mol.